The van der Waals surface area contributed by atoms with Crippen molar-refractivity contribution in [2.24, 2.45) is 5.14 Å². The van der Waals surface area contributed by atoms with Crippen molar-refractivity contribution in [2.45, 2.75) is 11.8 Å². The Morgan fingerprint density at radius 1 is 1.47 bits per heavy atom. The minimum Gasteiger partial charge on any atom is -0.399 e. The van der Waals surface area contributed by atoms with Crippen LogP contribution in [-0.2, 0) is 10.0 Å². The van der Waals surface area contributed by atoms with Crippen molar-refractivity contribution in [3.63, 3.8) is 0 Å². The van der Waals surface area contributed by atoms with E-state index in [4.69, 9.17) is 10.9 Å². The van der Waals surface area contributed by atoms with Gasteiger partial charge < -0.3 is 11.1 Å². The smallest absolute Gasteiger partial charge is 0.238 e. The highest BCUT2D eigenvalue weighted by Crippen LogP contribution is 2.26. The number of nitrogens with two attached hydrogens (primary N) is 2. The predicted octanol–water partition coefficient (Wildman–Crippen LogP) is 1.56. The third-order valence-corrected chi connectivity index (χ3v) is 4.49. The number of benzene rings is 1. The minimum absolute atomic E-state index is 0.0637. The highest BCUT2D eigenvalue weighted by Gasteiger charge is 2.15. The van der Waals surface area contributed by atoms with Gasteiger partial charge in [0, 0.05) is 29.4 Å². The molecule has 1 aromatic carbocycles. The Morgan fingerprint density at radius 3 is 2.74 bits per heavy atom. The van der Waals surface area contributed by atoms with Gasteiger partial charge in [-0.2, -0.15) is 11.8 Å². The maximum atomic E-state index is 11.5. The van der Waals surface area contributed by atoms with E-state index in [1.54, 1.807) is 24.8 Å². The van der Waals surface area contributed by atoms with E-state index in [0.29, 0.717) is 23.5 Å². The lowest BCUT2D eigenvalue weighted by Crippen LogP contribution is -2.16. The van der Waals surface area contributed by atoms with Crippen LogP contribution in [0.3, 0.4) is 0 Å². The van der Waals surface area contributed by atoms with Crippen LogP contribution in [0.5, 0.6) is 0 Å². The van der Waals surface area contributed by atoms with Gasteiger partial charge in [-0.3, -0.25) is 0 Å². The zero-order valence-electron chi connectivity index (χ0n) is 10.8. The molecule has 0 saturated heterocycles. The second-order valence-corrected chi connectivity index (χ2v) is 6.71. The third-order valence-electron chi connectivity index (χ3n) is 2.49. The highest BCUT2D eigenvalue weighted by atomic mass is 32.2. The van der Waals surface area contributed by atoms with Crippen molar-refractivity contribution in [3.05, 3.63) is 30.4 Å². The molecule has 7 heteroatoms. The summed E-state index contributed by atoms with van der Waals surface area (Å²) in [4.78, 5) is 0.0637. The van der Waals surface area contributed by atoms with Crippen molar-refractivity contribution in [3.8, 4) is 0 Å². The summed E-state index contributed by atoms with van der Waals surface area (Å²) < 4.78 is 22.9. The maximum absolute atomic E-state index is 11.5. The van der Waals surface area contributed by atoms with Gasteiger partial charge >= 0.3 is 0 Å². The molecule has 0 fully saturated rings. The van der Waals surface area contributed by atoms with E-state index >= 15 is 0 Å². The molecule has 1 rings (SSSR count). The van der Waals surface area contributed by atoms with Gasteiger partial charge in [0.2, 0.25) is 10.0 Å². The van der Waals surface area contributed by atoms with E-state index < -0.39 is 10.0 Å². The van der Waals surface area contributed by atoms with Crippen LogP contribution in [0.25, 0.3) is 0 Å². The summed E-state index contributed by atoms with van der Waals surface area (Å²) in [5, 5.41) is 8.33. The summed E-state index contributed by atoms with van der Waals surface area (Å²) >= 11 is 1.74. The minimum atomic E-state index is -3.76. The summed E-state index contributed by atoms with van der Waals surface area (Å²) in [6.07, 6.45) is 1.84. The summed E-state index contributed by atoms with van der Waals surface area (Å²) in [6.45, 7) is 6.06. The van der Waals surface area contributed by atoms with E-state index in [2.05, 4.69) is 11.9 Å². The van der Waals surface area contributed by atoms with Crippen LogP contribution in [0.15, 0.2) is 29.7 Å². The molecule has 0 aliphatic rings. The zero-order valence-corrected chi connectivity index (χ0v) is 12.5. The van der Waals surface area contributed by atoms with Crippen LogP contribution < -0.4 is 16.2 Å². The largest absolute Gasteiger partial charge is 0.399 e. The number of rotatable bonds is 7. The zero-order chi connectivity index (χ0) is 14.5. The Morgan fingerprint density at radius 2 is 2.16 bits per heavy atom. The number of anilines is 2. The quantitative estimate of drug-likeness (QED) is 0.403. The molecule has 0 unspecified atom stereocenters. The lowest BCUT2D eigenvalue weighted by Gasteiger charge is -2.13. The molecule has 5 nitrogen and oxygen atoms in total. The molecule has 0 spiro atoms. The fraction of sp³-hybridized carbons (Fsp3) is 0.333. The second-order valence-electron chi connectivity index (χ2n) is 4.03. The Bertz CT molecular complexity index is 556. The predicted molar refractivity (Wildman–Crippen MR) is 83.0 cm³/mol. The summed E-state index contributed by atoms with van der Waals surface area (Å²) in [5.74, 6) is 1.78. The first-order valence-electron chi connectivity index (χ1n) is 5.71. The Hall–Kier alpha value is -1.18. The molecule has 1 aromatic rings. The molecule has 0 heterocycles. The highest BCUT2D eigenvalue weighted by molar-refractivity contribution is 7.99. The number of sulfonamides is 1. The number of primary sulfonamides is 1. The van der Waals surface area contributed by atoms with E-state index in [1.807, 2.05) is 6.08 Å². The van der Waals surface area contributed by atoms with Crippen molar-refractivity contribution in [1.29, 1.82) is 0 Å². The molecular formula is C12H19N3O2S2. The van der Waals surface area contributed by atoms with Crippen molar-refractivity contribution < 1.29 is 8.42 Å². The Labute approximate surface area is 118 Å². The number of nitrogens with one attached hydrogen (secondary N) is 1. The number of hydrogen-bond acceptors (Lipinski definition) is 5. The van der Waals surface area contributed by atoms with Crippen LogP contribution in [-0.4, -0.2) is 26.5 Å². The van der Waals surface area contributed by atoms with Gasteiger partial charge in [-0.1, -0.05) is 6.08 Å². The molecule has 106 valence electrons. The third kappa shape index (κ3) is 4.77. The molecule has 0 radical (unpaired) electrons. The Kier molecular flexibility index (Phi) is 5.71. The van der Waals surface area contributed by atoms with Gasteiger partial charge in [0.15, 0.2) is 0 Å². The van der Waals surface area contributed by atoms with Crippen LogP contribution >= 0.6 is 11.8 Å². The fourth-order valence-corrected chi connectivity index (χ4v) is 3.03. The van der Waals surface area contributed by atoms with E-state index in [0.717, 1.165) is 11.5 Å². The van der Waals surface area contributed by atoms with Gasteiger partial charge in [-0.25, -0.2) is 13.6 Å². The second kappa shape index (κ2) is 6.83. The van der Waals surface area contributed by atoms with Crippen LogP contribution in [0.4, 0.5) is 11.4 Å². The average Bonchev–Trinajstić information content (AvgIpc) is 2.31. The molecule has 0 atom stereocenters. The lowest BCUT2D eigenvalue weighted by molar-refractivity contribution is 0.597. The van der Waals surface area contributed by atoms with Gasteiger partial charge in [0.1, 0.15) is 0 Å². The summed E-state index contributed by atoms with van der Waals surface area (Å²) in [5.41, 5.74) is 7.36. The standard InChI is InChI=1S/C12H19N3O2S2/c1-3-5-18-6-4-15-11-7-10(13)8-12(9(11)2)19(14,16)17/h3,7-8,15H,1,4-6,13H2,2H3,(H2,14,16,17). The SMILES string of the molecule is C=CCSCCNc1cc(N)cc(S(N)(=O)=O)c1C. The van der Waals surface area contributed by atoms with Crippen molar-refractivity contribution in [2.75, 3.05) is 29.1 Å². The van der Waals surface area contributed by atoms with Gasteiger partial charge in [0.25, 0.3) is 0 Å². The first-order valence-corrected chi connectivity index (χ1v) is 8.41. The van der Waals surface area contributed by atoms with E-state index in [9.17, 15) is 8.42 Å². The van der Waals surface area contributed by atoms with Gasteiger partial charge in [-0.15, -0.1) is 6.58 Å². The van der Waals surface area contributed by atoms with Crippen LogP contribution in [0.2, 0.25) is 0 Å². The normalized spacial score (nSPS) is 11.3. The van der Waals surface area contributed by atoms with Crippen LogP contribution in [0.1, 0.15) is 5.56 Å². The molecule has 0 saturated carbocycles. The molecule has 0 aromatic heterocycles. The van der Waals surface area contributed by atoms with Crippen LogP contribution in [0, 0.1) is 6.92 Å². The fourth-order valence-electron chi connectivity index (χ4n) is 1.61. The van der Waals surface area contributed by atoms with Crippen molar-refractivity contribution >= 4 is 33.2 Å². The molecule has 0 aliphatic heterocycles. The summed E-state index contributed by atoms with van der Waals surface area (Å²) in [7, 11) is -3.76. The van der Waals surface area contributed by atoms with Gasteiger partial charge in [-0.05, 0) is 24.6 Å². The van der Waals surface area contributed by atoms with Crippen molar-refractivity contribution in [1.82, 2.24) is 0 Å². The number of thioether (sulfide) groups is 1. The molecular weight excluding hydrogens is 282 g/mol. The van der Waals surface area contributed by atoms with E-state index in [-0.39, 0.29) is 4.90 Å². The first-order chi connectivity index (χ1) is 8.86. The first kappa shape index (κ1) is 15.9. The summed E-state index contributed by atoms with van der Waals surface area (Å²) in [6, 6.07) is 3.09. The monoisotopic (exact) mass is 301 g/mol. The topological polar surface area (TPSA) is 98.2 Å². The average molecular weight is 301 g/mol. The lowest BCUT2D eigenvalue weighted by atomic mass is 10.2. The molecule has 0 amide bonds. The number of hydrogen-bond donors (Lipinski definition) is 3. The molecule has 0 bridgehead atoms. The molecule has 0 aliphatic carbocycles. The maximum Gasteiger partial charge on any atom is 0.238 e. The number of nitrogen functional groups attached to an aromatic ring is 1. The van der Waals surface area contributed by atoms with E-state index in [1.165, 1.54) is 6.07 Å². The molecule has 5 N–H and O–H groups in total. The molecule has 19 heavy (non-hydrogen) atoms. The Balaban J connectivity index is 2.84. The van der Waals surface area contributed by atoms with Gasteiger partial charge in [0.05, 0.1) is 4.90 Å².